The van der Waals surface area contributed by atoms with Gasteiger partial charge in [-0.05, 0) is 19.9 Å². The van der Waals surface area contributed by atoms with Crippen LogP contribution in [-0.2, 0) is 12.7 Å². The molecule has 18 heavy (non-hydrogen) atoms. The first-order valence-corrected chi connectivity index (χ1v) is 6.32. The zero-order valence-corrected chi connectivity index (χ0v) is 10.4. The van der Waals surface area contributed by atoms with Gasteiger partial charge in [0.1, 0.15) is 5.69 Å². The third kappa shape index (κ3) is 2.68. The van der Waals surface area contributed by atoms with Crippen molar-refractivity contribution >= 4 is 0 Å². The molecule has 1 fully saturated rings. The van der Waals surface area contributed by atoms with Crippen molar-refractivity contribution in [2.45, 2.75) is 50.9 Å². The van der Waals surface area contributed by atoms with E-state index in [0.29, 0.717) is 0 Å². The van der Waals surface area contributed by atoms with Crippen molar-refractivity contribution in [3.8, 4) is 0 Å². The van der Waals surface area contributed by atoms with E-state index in [1.54, 1.807) is 7.05 Å². The first-order chi connectivity index (χ1) is 8.54. The molecule has 1 aliphatic carbocycles. The predicted octanol–water partition coefficient (Wildman–Crippen LogP) is 3.13. The van der Waals surface area contributed by atoms with E-state index in [1.165, 1.54) is 10.9 Å². The molecule has 0 amide bonds. The molecule has 3 nitrogen and oxygen atoms in total. The molecule has 1 aliphatic rings. The van der Waals surface area contributed by atoms with Crippen molar-refractivity contribution in [1.82, 2.24) is 15.1 Å². The number of rotatable bonds is 3. The molecule has 1 heterocycles. The van der Waals surface area contributed by atoms with Gasteiger partial charge in [0.15, 0.2) is 0 Å². The smallest absolute Gasteiger partial charge is 0.316 e. The SMILES string of the molecule is CNCc1cnn(C2CCCCC2)c1C(F)(F)F. The minimum absolute atomic E-state index is 0.0963. The van der Waals surface area contributed by atoms with Gasteiger partial charge < -0.3 is 5.32 Å². The lowest BCUT2D eigenvalue weighted by atomic mass is 9.95. The number of aromatic nitrogens is 2. The van der Waals surface area contributed by atoms with Gasteiger partial charge >= 0.3 is 6.18 Å². The maximum Gasteiger partial charge on any atom is 0.433 e. The largest absolute Gasteiger partial charge is 0.433 e. The molecule has 1 aromatic heterocycles. The molecule has 1 N–H and O–H groups in total. The Labute approximate surface area is 104 Å². The maximum atomic E-state index is 13.1. The first kappa shape index (κ1) is 13.4. The molecule has 0 spiro atoms. The number of hydrogen-bond donors (Lipinski definition) is 1. The first-order valence-electron chi connectivity index (χ1n) is 6.32. The lowest BCUT2D eigenvalue weighted by molar-refractivity contribution is -0.145. The summed E-state index contributed by atoms with van der Waals surface area (Å²) in [6.45, 7) is 0.196. The summed E-state index contributed by atoms with van der Waals surface area (Å²) >= 11 is 0. The van der Waals surface area contributed by atoms with Crippen molar-refractivity contribution < 1.29 is 13.2 Å². The van der Waals surface area contributed by atoms with Crippen LogP contribution in [0.5, 0.6) is 0 Å². The fourth-order valence-corrected chi connectivity index (χ4v) is 2.63. The normalized spacial score (nSPS) is 18.2. The Balaban J connectivity index is 2.34. The highest BCUT2D eigenvalue weighted by atomic mass is 19.4. The molecule has 0 aliphatic heterocycles. The van der Waals surface area contributed by atoms with Gasteiger partial charge in [0, 0.05) is 12.1 Å². The number of nitrogens with one attached hydrogen (secondary N) is 1. The summed E-state index contributed by atoms with van der Waals surface area (Å²) in [4.78, 5) is 0. The van der Waals surface area contributed by atoms with Crippen LogP contribution in [0.2, 0.25) is 0 Å². The van der Waals surface area contributed by atoms with E-state index in [2.05, 4.69) is 10.4 Å². The Kier molecular flexibility index (Phi) is 3.94. The number of nitrogens with zero attached hydrogens (tertiary/aromatic N) is 2. The highest BCUT2D eigenvalue weighted by molar-refractivity contribution is 5.21. The van der Waals surface area contributed by atoms with Gasteiger partial charge in [0.2, 0.25) is 0 Å². The molecule has 102 valence electrons. The summed E-state index contributed by atoms with van der Waals surface area (Å²) in [7, 11) is 1.64. The second-order valence-electron chi connectivity index (χ2n) is 4.78. The van der Waals surface area contributed by atoms with Crippen LogP contribution < -0.4 is 5.32 Å². The Morgan fingerprint density at radius 2 is 2.00 bits per heavy atom. The number of hydrogen-bond acceptors (Lipinski definition) is 2. The standard InChI is InChI=1S/C12H18F3N3/c1-16-7-9-8-17-18(11(9)12(13,14)15)10-5-3-2-4-6-10/h8,10,16H,2-7H2,1H3. The monoisotopic (exact) mass is 261 g/mol. The van der Waals surface area contributed by atoms with Crippen LogP contribution in [0.4, 0.5) is 13.2 Å². The van der Waals surface area contributed by atoms with Crippen LogP contribution in [0, 0.1) is 0 Å². The van der Waals surface area contributed by atoms with Crippen LogP contribution in [-0.4, -0.2) is 16.8 Å². The van der Waals surface area contributed by atoms with E-state index in [9.17, 15) is 13.2 Å². The molecule has 1 aromatic rings. The van der Waals surface area contributed by atoms with Crippen molar-refractivity contribution in [1.29, 1.82) is 0 Å². The average Bonchev–Trinajstić information content (AvgIpc) is 2.74. The molecule has 0 bridgehead atoms. The molecule has 0 saturated heterocycles. The molecular weight excluding hydrogens is 243 g/mol. The van der Waals surface area contributed by atoms with E-state index in [1.807, 2.05) is 0 Å². The molecule has 0 radical (unpaired) electrons. The van der Waals surface area contributed by atoms with Crippen molar-refractivity contribution in [3.63, 3.8) is 0 Å². The summed E-state index contributed by atoms with van der Waals surface area (Å²) in [6, 6.07) is -0.0963. The second kappa shape index (κ2) is 5.30. The topological polar surface area (TPSA) is 29.9 Å². The van der Waals surface area contributed by atoms with Gasteiger partial charge in [-0.2, -0.15) is 18.3 Å². The summed E-state index contributed by atoms with van der Waals surface area (Å²) in [5.41, 5.74) is -0.348. The predicted molar refractivity (Wildman–Crippen MR) is 62.1 cm³/mol. The summed E-state index contributed by atoms with van der Waals surface area (Å²) in [6.07, 6.45) is 1.69. The zero-order chi connectivity index (χ0) is 13.2. The van der Waals surface area contributed by atoms with E-state index < -0.39 is 11.9 Å². The molecule has 0 atom stereocenters. The third-order valence-corrected chi connectivity index (χ3v) is 3.43. The highest BCUT2D eigenvalue weighted by Crippen LogP contribution is 2.37. The van der Waals surface area contributed by atoms with Gasteiger partial charge in [-0.15, -0.1) is 0 Å². The molecular formula is C12H18F3N3. The minimum Gasteiger partial charge on any atom is -0.316 e. The molecule has 6 heteroatoms. The van der Waals surface area contributed by atoms with Gasteiger partial charge in [0.05, 0.1) is 12.2 Å². The van der Waals surface area contributed by atoms with Crippen LogP contribution in [0.15, 0.2) is 6.20 Å². The Morgan fingerprint density at radius 1 is 1.33 bits per heavy atom. The fraction of sp³-hybridized carbons (Fsp3) is 0.750. The number of alkyl halides is 3. The molecule has 0 unspecified atom stereocenters. The Bertz CT molecular complexity index is 392. The second-order valence-corrected chi connectivity index (χ2v) is 4.78. The van der Waals surface area contributed by atoms with E-state index in [-0.39, 0.29) is 18.2 Å². The minimum atomic E-state index is -4.33. The van der Waals surface area contributed by atoms with Crippen LogP contribution in [0.3, 0.4) is 0 Å². The molecule has 2 rings (SSSR count). The van der Waals surface area contributed by atoms with Gasteiger partial charge in [0.25, 0.3) is 0 Å². The summed E-state index contributed by atoms with van der Waals surface area (Å²) < 4.78 is 40.6. The third-order valence-electron chi connectivity index (χ3n) is 3.43. The van der Waals surface area contributed by atoms with Crippen molar-refractivity contribution in [2.75, 3.05) is 7.05 Å². The summed E-state index contributed by atoms with van der Waals surface area (Å²) in [5.74, 6) is 0. The Hall–Kier alpha value is -1.04. The van der Waals surface area contributed by atoms with Gasteiger partial charge in [-0.1, -0.05) is 19.3 Å². The van der Waals surface area contributed by atoms with Gasteiger partial charge in [-0.3, -0.25) is 4.68 Å². The average molecular weight is 261 g/mol. The van der Waals surface area contributed by atoms with Crippen molar-refractivity contribution in [2.24, 2.45) is 0 Å². The maximum absolute atomic E-state index is 13.1. The van der Waals surface area contributed by atoms with E-state index in [4.69, 9.17) is 0 Å². The zero-order valence-electron chi connectivity index (χ0n) is 10.4. The number of halogens is 3. The van der Waals surface area contributed by atoms with Crippen LogP contribution in [0.25, 0.3) is 0 Å². The molecule has 1 saturated carbocycles. The highest BCUT2D eigenvalue weighted by Gasteiger charge is 2.39. The quantitative estimate of drug-likeness (QED) is 0.906. The van der Waals surface area contributed by atoms with Crippen molar-refractivity contribution in [3.05, 3.63) is 17.5 Å². The Morgan fingerprint density at radius 3 is 2.56 bits per heavy atom. The van der Waals surface area contributed by atoms with E-state index in [0.717, 1.165) is 32.1 Å². The fourth-order valence-electron chi connectivity index (χ4n) is 2.63. The van der Waals surface area contributed by atoms with Crippen LogP contribution in [0.1, 0.15) is 49.4 Å². The van der Waals surface area contributed by atoms with Gasteiger partial charge in [-0.25, -0.2) is 0 Å². The molecule has 0 aromatic carbocycles. The van der Waals surface area contributed by atoms with E-state index >= 15 is 0 Å². The summed E-state index contributed by atoms with van der Waals surface area (Å²) in [5, 5.41) is 6.74. The lowest BCUT2D eigenvalue weighted by Crippen LogP contribution is -2.23. The van der Waals surface area contributed by atoms with Crippen LogP contribution >= 0.6 is 0 Å². The lowest BCUT2D eigenvalue weighted by Gasteiger charge is -2.25.